The van der Waals surface area contributed by atoms with Crippen LogP contribution in [0.4, 0.5) is 4.39 Å². The number of hydrogen-bond donors (Lipinski definition) is 3. The minimum absolute atomic E-state index is 0.0757. The predicted octanol–water partition coefficient (Wildman–Crippen LogP) is 1.86. The van der Waals surface area contributed by atoms with Crippen LogP contribution in [0.15, 0.2) is 54.2 Å². The van der Waals surface area contributed by atoms with Crippen molar-refractivity contribution in [3.05, 3.63) is 70.5 Å². The van der Waals surface area contributed by atoms with Gasteiger partial charge < -0.3 is 20.1 Å². The molecule has 1 aliphatic carbocycles. The van der Waals surface area contributed by atoms with E-state index in [0.717, 1.165) is 27.5 Å². The standard InChI is InChI=1S/C33H41FN6O4/c1-6-7-29(44-5)26(21(3)34)17-39-16-24(9-11-28(39)32(42)40-18-33(4,43)19-40)36-31(41)23-8-10-27-25(15-23)30(38-37-27)22-12-13-35-20(2)14-22/h6-7,10,12-15,23-24,28,37,43H,3,8-9,11,16-19H2,1-2,4-5H3,(H,36,41). The molecule has 5 rings (SSSR count). The van der Waals surface area contributed by atoms with Gasteiger partial charge in [0.05, 0.1) is 48.8 Å². The largest absolute Gasteiger partial charge is 0.496 e. The van der Waals surface area contributed by atoms with Crippen molar-refractivity contribution in [2.24, 2.45) is 5.92 Å². The predicted molar refractivity (Wildman–Crippen MR) is 166 cm³/mol. The van der Waals surface area contributed by atoms with Crippen molar-refractivity contribution in [3.63, 3.8) is 0 Å². The van der Waals surface area contributed by atoms with Crippen LogP contribution in [0.1, 0.15) is 38.8 Å². The Labute approximate surface area is 256 Å². The number of carbonyl (C=O) groups excluding carboxylic acids is 2. The highest BCUT2D eigenvalue weighted by molar-refractivity contribution is 5.86. The normalized spacial score (nSPS) is 23.5. The molecule has 3 N–H and O–H groups in total. The minimum Gasteiger partial charge on any atom is -0.496 e. The number of nitrogens with one attached hydrogen (secondary N) is 2. The molecule has 234 valence electrons. The molecule has 2 amide bonds. The lowest BCUT2D eigenvalue weighted by Crippen LogP contribution is -2.66. The van der Waals surface area contributed by atoms with Gasteiger partial charge in [-0.2, -0.15) is 5.10 Å². The number of nitrogens with zero attached hydrogens (tertiary/aromatic N) is 4. The van der Waals surface area contributed by atoms with E-state index in [1.165, 1.54) is 7.11 Å². The second-order valence-electron chi connectivity index (χ2n) is 12.2. The number of rotatable bonds is 9. The molecule has 0 bridgehead atoms. The Balaban J connectivity index is 1.35. The molecule has 0 radical (unpaired) electrons. The lowest BCUT2D eigenvalue weighted by Gasteiger charge is -2.48. The van der Waals surface area contributed by atoms with Gasteiger partial charge in [0.1, 0.15) is 11.6 Å². The Hall–Kier alpha value is -4.09. The number of aromatic amines is 1. The summed E-state index contributed by atoms with van der Waals surface area (Å²) in [6, 6.07) is 3.07. The van der Waals surface area contributed by atoms with E-state index in [1.807, 2.05) is 36.1 Å². The summed E-state index contributed by atoms with van der Waals surface area (Å²) in [5.41, 5.74) is 1.92. The first-order valence-corrected chi connectivity index (χ1v) is 15.0. The number of hydrogen-bond acceptors (Lipinski definition) is 7. The Morgan fingerprint density at radius 2 is 2.11 bits per heavy atom. The number of pyridine rings is 1. The van der Waals surface area contributed by atoms with Gasteiger partial charge in [-0.05, 0) is 58.2 Å². The van der Waals surface area contributed by atoms with Crippen LogP contribution in [-0.2, 0) is 14.3 Å². The summed E-state index contributed by atoms with van der Waals surface area (Å²) < 4.78 is 20.2. The van der Waals surface area contributed by atoms with E-state index in [1.54, 1.807) is 37.1 Å². The van der Waals surface area contributed by atoms with Gasteiger partial charge in [0.15, 0.2) is 0 Å². The van der Waals surface area contributed by atoms with Crippen LogP contribution in [0, 0.1) is 12.8 Å². The highest BCUT2D eigenvalue weighted by Gasteiger charge is 2.44. The van der Waals surface area contributed by atoms with Crippen molar-refractivity contribution >= 4 is 24.0 Å². The third-order valence-electron chi connectivity index (χ3n) is 8.50. The zero-order chi connectivity index (χ0) is 31.6. The van der Waals surface area contributed by atoms with Gasteiger partial charge in [0.25, 0.3) is 0 Å². The number of aromatic nitrogens is 3. The summed E-state index contributed by atoms with van der Waals surface area (Å²) in [4.78, 5) is 34.9. The van der Waals surface area contributed by atoms with Crippen LogP contribution in [-0.4, -0.2) is 92.9 Å². The highest BCUT2D eigenvalue weighted by atomic mass is 19.1. The Bertz CT molecular complexity index is 1620. The fourth-order valence-corrected chi connectivity index (χ4v) is 6.31. The van der Waals surface area contributed by atoms with Gasteiger partial charge in [-0.1, -0.05) is 24.8 Å². The fourth-order valence-electron chi connectivity index (χ4n) is 6.31. The number of aryl methyl sites for hydroxylation is 1. The smallest absolute Gasteiger partial charge is 0.240 e. The average Bonchev–Trinajstić information content (AvgIpc) is 3.40. The zero-order valence-corrected chi connectivity index (χ0v) is 25.8. The summed E-state index contributed by atoms with van der Waals surface area (Å²) >= 11 is 0. The second kappa shape index (κ2) is 12.9. The molecule has 10 nitrogen and oxygen atoms in total. The van der Waals surface area contributed by atoms with Gasteiger partial charge in [0.2, 0.25) is 11.8 Å². The topological polar surface area (TPSA) is 124 Å². The maximum atomic E-state index is 14.8. The van der Waals surface area contributed by atoms with Crippen LogP contribution in [0.2, 0.25) is 0 Å². The van der Waals surface area contributed by atoms with Gasteiger partial charge in [-0.15, -0.1) is 0 Å². The first-order valence-electron chi connectivity index (χ1n) is 15.0. The summed E-state index contributed by atoms with van der Waals surface area (Å²) in [5.74, 6) is -0.943. The van der Waals surface area contributed by atoms with E-state index < -0.39 is 23.4 Å². The van der Waals surface area contributed by atoms with Gasteiger partial charge in [-0.25, -0.2) is 4.39 Å². The van der Waals surface area contributed by atoms with Crippen molar-refractivity contribution < 1.29 is 23.8 Å². The van der Waals surface area contributed by atoms with E-state index in [4.69, 9.17) is 4.74 Å². The van der Waals surface area contributed by atoms with Gasteiger partial charge >= 0.3 is 0 Å². The van der Waals surface area contributed by atoms with E-state index in [0.29, 0.717) is 31.6 Å². The minimum atomic E-state index is -0.905. The molecule has 3 atom stereocenters. The highest BCUT2D eigenvalue weighted by Crippen LogP contribution is 2.29. The lowest BCUT2D eigenvalue weighted by molar-refractivity contribution is -0.159. The van der Waals surface area contributed by atoms with Crippen molar-refractivity contribution in [2.45, 2.75) is 57.7 Å². The number of fused-ring (bicyclic) bond motifs is 1. The number of likely N-dealkylation sites (tertiary alicyclic amines) is 2. The molecule has 2 saturated heterocycles. The molecule has 11 heteroatoms. The number of methoxy groups -OCH3 is 1. The second-order valence-corrected chi connectivity index (χ2v) is 12.2. The first-order chi connectivity index (χ1) is 21.0. The molecular formula is C33H41FN6O4. The summed E-state index contributed by atoms with van der Waals surface area (Å²) in [5, 5.41) is 22.8. The molecule has 0 spiro atoms. The maximum Gasteiger partial charge on any atom is 0.240 e. The Morgan fingerprint density at radius 3 is 2.77 bits per heavy atom. The molecule has 4 heterocycles. The number of H-pyrrole nitrogens is 1. The monoisotopic (exact) mass is 604 g/mol. The third kappa shape index (κ3) is 6.68. The molecule has 0 saturated carbocycles. The molecule has 2 aromatic rings. The van der Waals surface area contributed by atoms with Crippen LogP contribution in [0.5, 0.6) is 0 Å². The Morgan fingerprint density at radius 1 is 1.34 bits per heavy atom. The van der Waals surface area contributed by atoms with Crippen LogP contribution in [0.25, 0.3) is 23.4 Å². The van der Waals surface area contributed by atoms with E-state index in [9.17, 15) is 19.1 Å². The number of piperidine rings is 1. The number of ether oxygens (including phenoxy) is 1. The third-order valence-corrected chi connectivity index (χ3v) is 8.50. The van der Waals surface area contributed by atoms with Crippen LogP contribution in [0.3, 0.4) is 0 Å². The number of halogens is 1. The molecular weight excluding hydrogens is 563 g/mol. The SMILES string of the molecule is C=C(F)C(CN1CC(NC(=O)C2C=c3c(-c4ccnc(C)c4)n[nH]c3=CC2)CCC1C(=O)N1CC(C)(O)C1)=C(C=CC)OC. The molecule has 2 aliphatic heterocycles. The number of amides is 2. The number of allylic oxidation sites excluding steroid dienone is 2. The number of β-amino-alcohol motifs (C(OH)–C–C–N with tert-alkyl or cyclic N) is 1. The van der Waals surface area contributed by atoms with Crippen molar-refractivity contribution in [3.8, 4) is 11.3 Å². The van der Waals surface area contributed by atoms with Crippen molar-refractivity contribution in [2.75, 3.05) is 33.3 Å². The fraction of sp³-hybridized carbons (Fsp3) is 0.455. The molecule has 3 aliphatic rings. The van der Waals surface area contributed by atoms with Gasteiger partial charge in [0, 0.05) is 47.4 Å². The van der Waals surface area contributed by atoms with Crippen molar-refractivity contribution in [1.82, 2.24) is 30.3 Å². The molecule has 44 heavy (non-hydrogen) atoms. The Kier molecular flexibility index (Phi) is 9.17. The number of carbonyl (C=O) groups is 2. The van der Waals surface area contributed by atoms with Crippen LogP contribution < -0.4 is 15.9 Å². The first kappa shape index (κ1) is 31.3. The van der Waals surface area contributed by atoms with E-state index >= 15 is 0 Å². The van der Waals surface area contributed by atoms with E-state index in [2.05, 4.69) is 27.1 Å². The molecule has 2 fully saturated rings. The van der Waals surface area contributed by atoms with Crippen molar-refractivity contribution in [1.29, 1.82) is 0 Å². The summed E-state index contributed by atoms with van der Waals surface area (Å²) in [7, 11) is 1.46. The lowest BCUT2D eigenvalue weighted by atomic mass is 9.91. The summed E-state index contributed by atoms with van der Waals surface area (Å²) in [6.45, 7) is 9.86. The number of aliphatic hydroxyl groups is 1. The molecule has 3 unspecified atom stereocenters. The molecule has 0 aromatic carbocycles. The van der Waals surface area contributed by atoms with Crippen LogP contribution >= 0.6 is 0 Å². The molecule has 2 aromatic heterocycles. The quantitative estimate of drug-likeness (QED) is 0.295. The zero-order valence-electron chi connectivity index (χ0n) is 25.8. The average molecular weight is 605 g/mol. The summed E-state index contributed by atoms with van der Waals surface area (Å²) in [6.07, 6.45) is 10.7. The van der Waals surface area contributed by atoms with E-state index in [-0.39, 0.29) is 43.1 Å². The van der Waals surface area contributed by atoms with Gasteiger partial charge in [-0.3, -0.25) is 24.6 Å². The maximum absolute atomic E-state index is 14.8.